The van der Waals surface area contributed by atoms with Crippen LogP contribution < -0.4 is 10.6 Å². The molecule has 100 valence electrons. The second kappa shape index (κ2) is 5.99. The number of benzene rings is 1. The lowest BCUT2D eigenvalue weighted by atomic mass is 10.2. The molecule has 2 aromatic rings. The maximum Gasteiger partial charge on any atom is 0.324 e. The molecule has 1 aromatic heterocycles. The molecule has 0 spiro atoms. The predicted octanol–water partition coefficient (Wildman–Crippen LogP) is 3.15. The molecule has 0 fully saturated rings. The van der Waals surface area contributed by atoms with E-state index in [0.29, 0.717) is 11.5 Å². The van der Waals surface area contributed by atoms with Crippen LogP contribution in [0.15, 0.2) is 30.3 Å². The Balaban J connectivity index is 1.91. The van der Waals surface area contributed by atoms with Gasteiger partial charge >= 0.3 is 6.03 Å². The minimum absolute atomic E-state index is 0.345. The maximum absolute atomic E-state index is 12.7. The summed E-state index contributed by atoms with van der Waals surface area (Å²) in [4.78, 5) is 11.7. The number of H-pyrrole nitrogens is 1. The summed E-state index contributed by atoms with van der Waals surface area (Å²) >= 11 is 0. The highest BCUT2D eigenvalue weighted by Crippen LogP contribution is 2.10. The Hall–Kier alpha value is -2.37. The second-order valence-corrected chi connectivity index (χ2v) is 4.11. The SMILES string of the molecule is CCCc1cc(NC(=O)Nc2ccc(F)cc2)n[nH]1. The van der Waals surface area contributed by atoms with Crippen molar-refractivity contribution in [2.24, 2.45) is 0 Å². The maximum atomic E-state index is 12.7. The van der Waals surface area contributed by atoms with Crippen molar-refractivity contribution in [3.63, 3.8) is 0 Å². The van der Waals surface area contributed by atoms with E-state index in [0.717, 1.165) is 18.5 Å². The summed E-state index contributed by atoms with van der Waals surface area (Å²) in [6.45, 7) is 2.06. The fraction of sp³-hybridized carbons (Fsp3) is 0.231. The first-order chi connectivity index (χ1) is 9.17. The lowest BCUT2D eigenvalue weighted by Crippen LogP contribution is -2.19. The van der Waals surface area contributed by atoms with E-state index in [1.807, 2.05) is 0 Å². The molecule has 3 N–H and O–H groups in total. The molecule has 2 amide bonds. The van der Waals surface area contributed by atoms with E-state index in [1.54, 1.807) is 6.07 Å². The first-order valence-electron chi connectivity index (χ1n) is 6.05. The van der Waals surface area contributed by atoms with E-state index in [2.05, 4.69) is 27.8 Å². The van der Waals surface area contributed by atoms with Crippen molar-refractivity contribution >= 4 is 17.5 Å². The molecule has 5 nitrogen and oxygen atoms in total. The lowest BCUT2D eigenvalue weighted by molar-refractivity contribution is 0.262. The number of hydrogen-bond donors (Lipinski definition) is 3. The first-order valence-corrected chi connectivity index (χ1v) is 6.05. The third kappa shape index (κ3) is 3.80. The Kier molecular flexibility index (Phi) is 4.12. The van der Waals surface area contributed by atoms with Gasteiger partial charge in [-0.3, -0.25) is 10.4 Å². The minimum Gasteiger partial charge on any atom is -0.308 e. The van der Waals surface area contributed by atoms with E-state index >= 15 is 0 Å². The average molecular weight is 262 g/mol. The zero-order valence-corrected chi connectivity index (χ0v) is 10.5. The molecule has 0 radical (unpaired) electrons. The van der Waals surface area contributed by atoms with Gasteiger partial charge in [0.05, 0.1) is 0 Å². The van der Waals surface area contributed by atoms with Gasteiger partial charge in [0, 0.05) is 17.4 Å². The van der Waals surface area contributed by atoms with Gasteiger partial charge in [-0.1, -0.05) is 13.3 Å². The highest BCUT2D eigenvalue weighted by molar-refractivity contribution is 5.99. The Bertz CT molecular complexity index is 550. The van der Waals surface area contributed by atoms with Crippen molar-refractivity contribution in [1.29, 1.82) is 0 Å². The Morgan fingerprint density at radius 2 is 2.05 bits per heavy atom. The Labute approximate surface area is 110 Å². The number of aromatic nitrogens is 2. The summed E-state index contributed by atoms with van der Waals surface area (Å²) in [5.74, 6) is 0.116. The smallest absolute Gasteiger partial charge is 0.308 e. The molecule has 1 heterocycles. The van der Waals surface area contributed by atoms with E-state index < -0.39 is 6.03 Å². The quantitative estimate of drug-likeness (QED) is 0.792. The first kappa shape index (κ1) is 13.1. The molecular weight excluding hydrogens is 247 g/mol. The number of anilines is 2. The molecule has 0 bridgehead atoms. The fourth-order valence-electron chi connectivity index (χ4n) is 1.63. The normalized spacial score (nSPS) is 10.2. The van der Waals surface area contributed by atoms with Crippen LogP contribution in [0.3, 0.4) is 0 Å². The van der Waals surface area contributed by atoms with E-state index in [4.69, 9.17) is 0 Å². The van der Waals surface area contributed by atoms with E-state index in [-0.39, 0.29) is 5.82 Å². The third-order valence-electron chi connectivity index (χ3n) is 2.49. The lowest BCUT2D eigenvalue weighted by Gasteiger charge is -2.04. The number of aromatic amines is 1. The van der Waals surface area contributed by atoms with Crippen molar-refractivity contribution in [3.8, 4) is 0 Å². The molecule has 6 heteroatoms. The van der Waals surface area contributed by atoms with Crippen LogP contribution in [-0.2, 0) is 6.42 Å². The van der Waals surface area contributed by atoms with Crippen molar-refractivity contribution in [3.05, 3.63) is 41.8 Å². The molecule has 0 aliphatic carbocycles. The van der Waals surface area contributed by atoms with Crippen LogP contribution in [0.1, 0.15) is 19.0 Å². The Morgan fingerprint density at radius 1 is 1.32 bits per heavy atom. The van der Waals surface area contributed by atoms with Gasteiger partial charge in [0.25, 0.3) is 0 Å². The van der Waals surface area contributed by atoms with Gasteiger partial charge in [0.1, 0.15) is 5.82 Å². The standard InChI is InChI=1S/C13H15FN4O/c1-2-3-11-8-12(18-17-11)16-13(19)15-10-6-4-9(14)5-7-10/h4-8H,2-3H2,1H3,(H3,15,16,17,18,19). The van der Waals surface area contributed by atoms with E-state index in [1.165, 1.54) is 24.3 Å². The molecule has 1 aromatic carbocycles. The van der Waals surface area contributed by atoms with Gasteiger partial charge in [-0.2, -0.15) is 5.10 Å². The number of halogens is 1. The van der Waals surface area contributed by atoms with Crippen LogP contribution in [0.2, 0.25) is 0 Å². The van der Waals surface area contributed by atoms with Crippen molar-refractivity contribution < 1.29 is 9.18 Å². The minimum atomic E-state index is -0.416. The number of urea groups is 1. The molecule has 0 unspecified atom stereocenters. The van der Waals surface area contributed by atoms with Gasteiger partial charge < -0.3 is 5.32 Å². The number of nitrogens with zero attached hydrogens (tertiary/aromatic N) is 1. The summed E-state index contributed by atoms with van der Waals surface area (Å²) in [6, 6.07) is 6.91. The largest absolute Gasteiger partial charge is 0.324 e. The average Bonchev–Trinajstić information content (AvgIpc) is 2.80. The summed E-state index contributed by atoms with van der Waals surface area (Å²) in [5.41, 5.74) is 1.49. The number of amides is 2. The van der Waals surface area contributed by atoms with Gasteiger partial charge in [-0.25, -0.2) is 9.18 Å². The Morgan fingerprint density at radius 3 is 2.74 bits per heavy atom. The van der Waals surface area contributed by atoms with Crippen LogP contribution in [0.5, 0.6) is 0 Å². The zero-order valence-electron chi connectivity index (χ0n) is 10.5. The number of hydrogen-bond acceptors (Lipinski definition) is 2. The highest BCUT2D eigenvalue weighted by Gasteiger charge is 2.06. The zero-order chi connectivity index (χ0) is 13.7. The summed E-state index contributed by atoms with van der Waals surface area (Å²) < 4.78 is 12.7. The predicted molar refractivity (Wildman–Crippen MR) is 71.6 cm³/mol. The monoisotopic (exact) mass is 262 g/mol. The molecule has 0 atom stereocenters. The van der Waals surface area contributed by atoms with Gasteiger partial charge in [-0.15, -0.1) is 0 Å². The van der Waals surface area contributed by atoms with Crippen molar-refractivity contribution in [2.75, 3.05) is 10.6 Å². The molecule has 0 saturated heterocycles. The van der Waals surface area contributed by atoms with Crippen molar-refractivity contribution in [1.82, 2.24) is 10.2 Å². The van der Waals surface area contributed by atoms with Gasteiger partial charge in [0.15, 0.2) is 5.82 Å². The number of aryl methyl sites for hydroxylation is 1. The molecular formula is C13H15FN4O. The summed E-state index contributed by atoms with van der Waals surface area (Å²) in [5, 5.41) is 12.0. The molecule has 0 saturated carbocycles. The van der Waals surface area contributed by atoms with E-state index in [9.17, 15) is 9.18 Å². The molecule has 19 heavy (non-hydrogen) atoms. The highest BCUT2D eigenvalue weighted by atomic mass is 19.1. The van der Waals surface area contributed by atoms with Crippen LogP contribution in [0.4, 0.5) is 20.7 Å². The van der Waals surface area contributed by atoms with Crippen LogP contribution in [0.25, 0.3) is 0 Å². The third-order valence-corrected chi connectivity index (χ3v) is 2.49. The fourth-order valence-corrected chi connectivity index (χ4v) is 1.63. The second-order valence-electron chi connectivity index (χ2n) is 4.11. The molecule has 0 aliphatic heterocycles. The van der Waals surface area contributed by atoms with Crippen LogP contribution in [-0.4, -0.2) is 16.2 Å². The van der Waals surface area contributed by atoms with Crippen molar-refractivity contribution in [2.45, 2.75) is 19.8 Å². The number of carbonyl (C=O) groups is 1. The van der Waals surface area contributed by atoms with Gasteiger partial charge in [0.2, 0.25) is 0 Å². The molecule has 0 aliphatic rings. The number of rotatable bonds is 4. The number of carbonyl (C=O) groups excluding carboxylic acids is 1. The molecule has 2 rings (SSSR count). The topological polar surface area (TPSA) is 69.8 Å². The van der Waals surface area contributed by atoms with Crippen LogP contribution >= 0.6 is 0 Å². The van der Waals surface area contributed by atoms with Gasteiger partial charge in [-0.05, 0) is 30.7 Å². The van der Waals surface area contributed by atoms with Crippen LogP contribution in [0, 0.1) is 5.82 Å². The summed E-state index contributed by atoms with van der Waals surface area (Å²) in [7, 11) is 0. The summed E-state index contributed by atoms with van der Waals surface area (Å²) in [6.07, 6.45) is 1.89. The number of nitrogens with one attached hydrogen (secondary N) is 3.